The van der Waals surface area contributed by atoms with Gasteiger partial charge in [-0.15, -0.1) is 0 Å². The van der Waals surface area contributed by atoms with Crippen molar-refractivity contribution in [3.8, 4) is 0 Å². The van der Waals surface area contributed by atoms with Crippen LogP contribution in [0.25, 0.3) is 10.9 Å². The molecule has 1 amide bonds. The van der Waals surface area contributed by atoms with E-state index in [1.165, 1.54) is 0 Å². The second-order valence-corrected chi connectivity index (χ2v) is 6.56. The van der Waals surface area contributed by atoms with Crippen LogP contribution in [0.1, 0.15) is 35.5 Å². The molecule has 1 heterocycles. The van der Waals surface area contributed by atoms with Crippen molar-refractivity contribution in [3.05, 3.63) is 71.4 Å². The van der Waals surface area contributed by atoms with E-state index in [-0.39, 0.29) is 11.9 Å². The Morgan fingerprint density at radius 2 is 1.67 bits per heavy atom. The first-order chi connectivity index (χ1) is 11.5. The largest absolute Gasteiger partial charge is 0.339 e. The fourth-order valence-electron chi connectivity index (χ4n) is 3.29. The molecule has 0 spiro atoms. The number of para-hydroxylation sites is 1. The molecule has 0 aliphatic carbocycles. The van der Waals surface area contributed by atoms with E-state index in [2.05, 4.69) is 38.1 Å². The lowest BCUT2D eigenvalue weighted by Gasteiger charge is -2.27. The Morgan fingerprint density at radius 1 is 1.04 bits per heavy atom. The second-order valence-electron chi connectivity index (χ2n) is 6.56. The van der Waals surface area contributed by atoms with Gasteiger partial charge in [-0.2, -0.15) is 0 Å². The molecule has 0 unspecified atom stereocenters. The number of benzene rings is 2. The predicted octanol–water partition coefficient (Wildman–Crippen LogP) is 4.54. The monoisotopic (exact) mass is 320 g/mol. The number of carbonyl (C=O) groups excluding carboxylic acids is 1. The third kappa shape index (κ3) is 2.82. The quantitative estimate of drug-likeness (QED) is 0.693. The van der Waals surface area contributed by atoms with E-state index in [1.54, 1.807) is 0 Å². The van der Waals surface area contributed by atoms with Crippen molar-refractivity contribution in [2.45, 2.75) is 33.4 Å². The summed E-state index contributed by atoms with van der Waals surface area (Å²) in [6, 6.07) is 18.5. The standard InChI is InChI=1S/C21H24N2O/c1-15(2)23(14-17-10-6-5-7-11-17)21(24)20-16(3)18-12-8-9-13-19(18)22(20)4/h5-13,15H,14H2,1-4H3. The number of aryl methyl sites for hydroxylation is 2. The summed E-state index contributed by atoms with van der Waals surface area (Å²) in [6.07, 6.45) is 0. The fourth-order valence-corrected chi connectivity index (χ4v) is 3.29. The minimum Gasteiger partial charge on any atom is -0.339 e. The normalized spacial score (nSPS) is 11.2. The van der Waals surface area contributed by atoms with Gasteiger partial charge >= 0.3 is 0 Å². The molecule has 3 rings (SSSR count). The highest BCUT2D eigenvalue weighted by molar-refractivity contribution is 6.01. The van der Waals surface area contributed by atoms with Gasteiger partial charge in [-0.05, 0) is 38.0 Å². The first kappa shape index (κ1) is 16.3. The number of fused-ring (bicyclic) bond motifs is 1. The van der Waals surface area contributed by atoms with Crippen LogP contribution in [0.4, 0.5) is 0 Å². The SMILES string of the molecule is Cc1c(C(=O)N(Cc2ccccc2)C(C)C)n(C)c2ccccc12. The van der Waals surface area contributed by atoms with E-state index in [0.29, 0.717) is 6.54 Å². The molecular formula is C21H24N2O. The first-order valence-corrected chi connectivity index (χ1v) is 8.39. The molecule has 0 saturated carbocycles. The van der Waals surface area contributed by atoms with Crippen molar-refractivity contribution in [2.24, 2.45) is 7.05 Å². The van der Waals surface area contributed by atoms with Crippen molar-refractivity contribution in [1.82, 2.24) is 9.47 Å². The van der Waals surface area contributed by atoms with Gasteiger partial charge in [-0.3, -0.25) is 4.79 Å². The lowest BCUT2D eigenvalue weighted by Crippen LogP contribution is -2.37. The number of amides is 1. The molecule has 3 heteroatoms. The number of carbonyl (C=O) groups is 1. The predicted molar refractivity (Wildman–Crippen MR) is 99.1 cm³/mol. The Balaban J connectivity index is 2.02. The maximum Gasteiger partial charge on any atom is 0.271 e. The van der Waals surface area contributed by atoms with E-state index in [0.717, 1.165) is 27.7 Å². The molecular weight excluding hydrogens is 296 g/mol. The van der Waals surface area contributed by atoms with Crippen LogP contribution in [-0.2, 0) is 13.6 Å². The average molecular weight is 320 g/mol. The van der Waals surface area contributed by atoms with Gasteiger partial charge < -0.3 is 9.47 Å². The van der Waals surface area contributed by atoms with Crippen LogP contribution in [0.3, 0.4) is 0 Å². The minimum atomic E-state index is 0.0880. The summed E-state index contributed by atoms with van der Waals surface area (Å²) in [5.41, 5.74) is 4.08. The molecule has 3 aromatic rings. The maximum absolute atomic E-state index is 13.3. The van der Waals surface area contributed by atoms with Crippen molar-refractivity contribution >= 4 is 16.8 Å². The molecule has 0 bridgehead atoms. The Kier molecular flexibility index (Phi) is 4.43. The van der Waals surface area contributed by atoms with Crippen molar-refractivity contribution in [1.29, 1.82) is 0 Å². The second kappa shape index (κ2) is 6.52. The van der Waals surface area contributed by atoms with Crippen LogP contribution in [0.5, 0.6) is 0 Å². The Bertz CT molecular complexity index is 823. The molecule has 0 radical (unpaired) electrons. The van der Waals surface area contributed by atoms with Crippen LogP contribution >= 0.6 is 0 Å². The van der Waals surface area contributed by atoms with Crippen LogP contribution in [0.2, 0.25) is 0 Å². The molecule has 1 aromatic heterocycles. The number of hydrogen-bond donors (Lipinski definition) is 0. The zero-order valence-electron chi connectivity index (χ0n) is 14.8. The number of hydrogen-bond acceptors (Lipinski definition) is 1. The van der Waals surface area contributed by atoms with E-state index >= 15 is 0 Å². The van der Waals surface area contributed by atoms with Crippen LogP contribution in [-0.4, -0.2) is 21.4 Å². The van der Waals surface area contributed by atoms with Gasteiger partial charge in [-0.1, -0.05) is 48.5 Å². The summed E-state index contributed by atoms with van der Waals surface area (Å²) in [4.78, 5) is 15.2. The molecule has 124 valence electrons. The number of nitrogens with zero attached hydrogens (tertiary/aromatic N) is 2. The zero-order chi connectivity index (χ0) is 17.3. The zero-order valence-corrected chi connectivity index (χ0v) is 14.8. The van der Waals surface area contributed by atoms with Crippen LogP contribution in [0, 0.1) is 6.92 Å². The summed E-state index contributed by atoms with van der Waals surface area (Å²) < 4.78 is 2.02. The van der Waals surface area contributed by atoms with E-state index in [1.807, 2.05) is 53.8 Å². The van der Waals surface area contributed by atoms with Gasteiger partial charge in [0.1, 0.15) is 5.69 Å². The van der Waals surface area contributed by atoms with E-state index in [9.17, 15) is 4.79 Å². The molecule has 2 aromatic carbocycles. The first-order valence-electron chi connectivity index (χ1n) is 8.39. The lowest BCUT2D eigenvalue weighted by molar-refractivity contribution is 0.0680. The van der Waals surface area contributed by atoms with Gasteiger partial charge in [0, 0.05) is 30.5 Å². The maximum atomic E-state index is 13.3. The summed E-state index contributed by atoms with van der Waals surface area (Å²) >= 11 is 0. The highest BCUT2D eigenvalue weighted by atomic mass is 16.2. The minimum absolute atomic E-state index is 0.0880. The van der Waals surface area contributed by atoms with Crippen LogP contribution in [0.15, 0.2) is 54.6 Å². The van der Waals surface area contributed by atoms with Gasteiger partial charge in [0.25, 0.3) is 5.91 Å². The summed E-state index contributed by atoms with van der Waals surface area (Å²) in [5, 5.41) is 1.15. The number of aromatic nitrogens is 1. The van der Waals surface area contributed by atoms with Crippen LogP contribution < -0.4 is 0 Å². The third-order valence-electron chi connectivity index (χ3n) is 4.64. The van der Waals surface area contributed by atoms with Crippen molar-refractivity contribution in [3.63, 3.8) is 0 Å². The van der Waals surface area contributed by atoms with Gasteiger partial charge in [0.2, 0.25) is 0 Å². The van der Waals surface area contributed by atoms with Gasteiger partial charge in [-0.25, -0.2) is 0 Å². The van der Waals surface area contributed by atoms with Gasteiger partial charge in [0.15, 0.2) is 0 Å². The fraction of sp³-hybridized carbons (Fsp3) is 0.286. The Morgan fingerprint density at radius 3 is 2.29 bits per heavy atom. The molecule has 0 aliphatic rings. The molecule has 0 N–H and O–H groups in total. The molecule has 24 heavy (non-hydrogen) atoms. The third-order valence-corrected chi connectivity index (χ3v) is 4.64. The lowest BCUT2D eigenvalue weighted by atomic mass is 10.1. The molecule has 0 aliphatic heterocycles. The van der Waals surface area contributed by atoms with E-state index in [4.69, 9.17) is 0 Å². The topological polar surface area (TPSA) is 25.2 Å². The summed E-state index contributed by atoms with van der Waals surface area (Å²) in [5.74, 6) is 0.0880. The number of rotatable bonds is 4. The van der Waals surface area contributed by atoms with Crippen molar-refractivity contribution < 1.29 is 4.79 Å². The molecule has 0 atom stereocenters. The average Bonchev–Trinajstić information content (AvgIpc) is 2.84. The summed E-state index contributed by atoms with van der Waals surface area (Å²) in [6.45, 7) is 6.80. The highest BCUT2D eigenvalue weighted by Gasteiger charge is 2.25. The molecule has 0 fully saturated rings. The molecule has 0 saturated heterocycles. The van der Waals surface area contributed by atoms with Crippen molar-refractivity contribution in [2.75, 3.05) is 0 Å². The summed E-state index contributed by atoms with van der Waals surface area (Å²) in [7, 11) is 1.98. The Labute approximate surface area is 143 Å². The highest BCUT2D eigenvalue weighted by Crippen LogP contribution is 2.26. The smallest absolute Gasteiger partial charge is 0.271 e. The molecule has 3 nitrogen and oxygen atoms in total. The Hall–Kier alpha value is -2.55. The van der Waals surface area contributed by atoms with Gasteiger partial charge in [0.05, 0.1) is 0 Å². The van der Waals surface area contributed by atoms with E-state index < -0.39 is 0 Å².